The van der Waals surface area contributed by atoms with Crippen LogP contribution in [0, 0.1) is 0 Å². The number of aromatic nitrogens is 1. The number of carbonyl (C=O) groups is 2. The topological polar surface area (TPSA) is 112 Å². The molecule has 8 heteroatoms. The van der Waals surface area contributed by atoms with Gasteiger partial charge in [0, 0.05) is 4.88 Å². The van der Waals surface area contributed by atoms with Crippen LogP contribution in [0.2, 0.25) is 0 Å². The van der Waals surface area contributed by atoms with Gasteiger partial charge >= 0.3 is 12.0 Å². The van der Waals surface area contributed by atoms with Gasteiger partial charge in [-0.2, -0.15) is 0 Å². The molecule has 7 nitrogen and oxygen atoms in total. The first-order valence-corrected chi connectivity index (χ1v) is 6.81. The lowest BCUT2D eigenvalue weighted by molar-refractivity contribution is -0.140. The van der Waals surface area contributed by atoms with Crippen LogP contribution in [-0.4, -0.2) is 39.8 Å². The van der Waals surface area contributed by atoms with Gasteiger partial charge in [0.25, 0.3) is 0 Å². The minimum atomic E-state index is -1.31. The predicted molar refractivity (Wildman–Crippen MR) is 69.4 cm³/mol. The van der Waals surface area contributed by atoms with Crippen LogP contribution in [-0.2, 0) is 17.6 Å². The van der Waals surface area contributed by atoms with Gasteiger partial charge in [0.05, 0.1) is 12.3 Å². The Balaban J connectivity index is 1.95. The third-order valence-corrected chi connectivity index (χ3v) is 3.92. The maximum Gasteiger partial charge on any atom is 0.328 e. The Morgan fingerprint density at radius 3 is 2.74 bits per heavy atom. The van der Waals surface area contributed by atoms with Crippen molar-refractivity contribution in [1.82, 2.24) is 10.3 Å². The van der Waals surface area contributed by atoms with E-state index in [1.165, 1.54) is 16.2 Å². The van der Waals surface area contributed by atoms with E-state index in [4.69, 9.17) is 10.2 Å². The van der Waals surface area contributed by atoms with E-state index >= 15 is 0 Å². The molecule has 0 bridgehead atoms. The molecule has 2 rings (SSSR count). The number of hydrogen-bond donors (Lipinski definition) is 4. The second-order valence-electron chi connectivity index (χ2n) is 4.27. The molecule has 2 amide bonds. The number of hydrogen-bond acceptors (Lipinski definition) is 5. The Morgan fingerprint density at radius 2 is 2.11 bits per heavy atom. The highest BCUT2D eigenvalue weighted by Crippen LogP contribution is 2.29. The molecule has 104 valence electrons. The van der Waals surface area contributed by atoms with Crippen LogP contribution in [0.4, 0.5) is 9.93 Å². The number of rotatable bonds is 4. The fourth-order valence-corrected chi connectivity index (χ4v) is 2.93. The van der Waals surface area contributed by atoms with E-state index in [0.29, 0.717) is 5.13 Å². The summed E-state index contributed by atoms with van der Waals surface area (Å²) in [4.78, 5) is 27.7. The average molecular weight is 285 g/mol. The normalized spacial score (nSPS) is 15.4. The highest BCUT2D eigenvalue weighted by atomic mass is 32.1. The Hall–Kier alpha value is -1.67. The van der Waals surface area contributed by atoms with Crippen molar-refractivity contribution in [1.29, 1.82) is 0 Å². The fourth-order valence-electron chi connectivity index (χ4n) is 1.88. The summed E-state index contributed by atoms with van der Waals surface area (Å²) in [6.45, 7) is -0.656. The van der Waals surface area contributed by atoms with E-state index in [0.717, 1.165) is 31.4 Å². The molecule has 0 spiro atoms. The number of aliphatic carboxylic acids is 1. The van der Waals surface area contributed by atoms with E-state index in [9.17, 15) is 9.59 Å². The Bertz CT molecular complexity index is 465. The molecule has 1 aromatic heterocycles. The first kappa shape index (κ1) is 13.8. The molecule has 19 heavy (non-hydrogen) atoms. The minimum absolute atomic E-state index is 0.464. The lowest BCUT2D eigenvalue weighted by atomic mass is 10.0. The summed E-state index contributed by atoms with van der Waals surface area (Å²) in [5.74, 6) is -1.28. The third-order valence-electron chi connectivity index (χ3n) is 2.85. The summed E-state index contributed by atoms with van der Waals surface area (Å²) < 4.78 is 0. The summed E-state index contributed by atoms with van der Waals surface area (Å²) in [5, 5.41) is 22.6. The van der Waals surface area contributed by atoms with Gasteiger partial charge in [-0.25, -0.2) is 14.6 Å². The Morgan fingerprint density at radius 1 is 1.37 bits per heavy atom. The molecule has 4 N–H and O–H groups in total. The van der Waals surface area contributed by atoms with Crippen LogP contribution in [0.1, 0.15) is 23.4 Å². The first-order valence-electron chi connectivity index (χ1n) is 6.00. The van der Waals surface area contributed by atoms with Gasteiger partial charge in [-0.1, -0.05) is 0 Å². The number of carboxylic acid groups (broad SMARTS) is 1. The molecule has 1 atom stereocenters. The molecule has 0 aromatic carbocycles. The lowest BCUT2D eigenvalue weighted by Crippen LogP contribution is -2.45. The molecule has 1 aliphatic rings. The summed E-state index contributed by atoms with van der Waals surface area (Å²) >= 11 is 1.41. The van der Waals surface area contributed by atoms with Crippen molar-refractivity contribution in [2.45, 2.75) is 31.7 Å². The standard InChI is InChI=1S/C11H15N3O4S/c15-5-7(9(16)17)12-10(18)14-11-13-6-3-1-2-4-8(6)19-11/h7,15H,1-5H2,(H,16,17)(H2,12,13,14,18)/t7-/m0/s1. The van der Waals surface area contributed by atoms with Crippen LogP contribution < -0.4 is 10.6 Å². The molecular formula is C11H15N3O4S. The van der Waals surface area contributed by atoms with Gasteiger partial charge in [0.2, 0.25) is 0 Å². The van der Waals surface area contributed by atoms with E-state index < -0.39 is 24.6 Å². The fraction of sp³-hybridized carbons (Fsp3) is 0.545. The Kier molecular flexibility index (Phi) is 4.33. The number of nitrogens with zero attached hydrogens (tertiary/aromatic N) is 1. The van der Waals surface area contributed by atoms with Crippen molar-refractivity contribution < 1.29 is 19.8 Å². The number of carboxylic acids is 1. The highest BCUT2D eigenvalue weighted by molar-refractivity contribution is 7.15. The van der Waals surface area contributed by atoms with Crippen molar-refractivity contribution in [3.63, 3.8) is 0 Å². The average Bonchev–Trinajstić information content (AvgIpc) is 2.77. The number of aryl methyl sites for hydroxylation is 2. The van der Waals surface area contributed by atoms with Crippen molar-refractivity contribution in [2.75, 3.05) is 11.9 Å². The molecule has 1 aromatic rings. The van der Waals surface area contributed by atoms with Crippen molar-refractivity contribution in [3.8, 4) is 0 Å². The Labute approximate surface area is 113 Å². The zero-order chi connectivity index (χ0) is 13.8. The largest absolute Gasteiger partial charge is 0.480 e. The van der Waals surface area contributed by atoms with Crippen LogP contribution in [0.5, 0.6) is 0 Å². The molecule has 0 saturated heterocycles. The number of carbonyl (C=O) groups excluding carboxylic acids is 1. The number of amides is 2. The van der Waals surface area contributed by atoms with Gasteiger partial charge < -0.3 is 15.5 Å². The number of nitrogens with one attached hydrogen (secondary N) is 2. The minimum Gasteiger partial charge on any atom is -0.480 e. The number of aliphatic hydroxyl groups excluding tert-OH is 1. The molecule has 0 aliphatic heterocycles. The van der Waals surface area contributed by atoms with Crippen LogP contribution >= 0.6 is 11.3 Å². The monoisotopic (exact) mass is 285 g/mol. The summed E-state index contributed by atoms with van der Waals surface area (Å²) in [5.41, 5.74) is 1.02. The predicted octanol–water partition coefficient (Wildman–Crippen LogP) is 0.589. The first-order chi connectivity index (χ1) is 9.10. The van der Waals surface area contributed by atoms with Gasteiger partial charge in [-0.3, -0.25) is 5.32 Å². The number of thiazole rings is 1. The quantitative estimate of drug-likeness (QED) is 0.647. The lowest BCUT2D eigenvalue weighted by Gasteiger charge is -2.11. The second-order valence-corrected chi connectivity index (χ2v) is 5.35. The number of aliphatic hydroxyl groups is 1. The molecule has 0 unspecified atom stereocenters. The van der Waals surface area contributed by atoms with Crippen LogP contribution in [0.25, 0.3) is 0 Å². The maximum absolute atomic E-state index is 11.6. The third kappa shape index (κ3) is 3.42. The van der Waals surface area contributed by atoms with Crippen molar-refractivity contribution in [2.24, 2.45) is 0 Å². The van der Waals surface area contributed by atoms with Crippen LogP contribution in [0.3, 0.4) is 0 Å². The van der Waals surface area contributed by atoms with Gasteiger partial charge in [0.15, 0.2) is 11.2 Å². The van der Waals surface area contributed by atoms with Crippen molar-refractivity contribution in [3.05, 3.63) is 10.6 Å². The molecule has 1 heterocycles. The van der Waals surface area contributed by atoms with E-state index in [-0.39, 0.29) is 0 Å². The van der Waals surface area contributed by atoms with E-state index in [1.54, 1.807) is 0 Å². The summed E-state index contributed by atoms with van der Waals surface area (Å²) in [6.07, 6.45) is 4.13. The van der Waals surface area contributed by atoms with Crippen molar-refractivity contribution >= 4 is 28.5 Å². The van der Waals surface area contributed by atoms with Gasteiger partial charge in [-0.05, 0) is 25.7 Å². The molecule has 0 fully saturated rings. The number of fused-ring (bicyclic) bond motifs is 1. The summed E-state index contributed by atoms with van der Waals surface area (Å²) in [7, 11) is 0. The second kappa shape index (κ2) is 5.98. The molecular weight excluding hydrogens is 270 g/mol. The smallest absolute Gasteiger partial charge is 0.328 e. The highest BCUT2D eigenvalue weighted by Gasteiger charge is 2.20. The van der Waals surface area contributed by atoms with Gasteiger partial charge in [-0.15, -0.1) is 11.3 Å². The van der Waals surface area contributed by atoms with Gasteiger partial charge in [0.1, 0.15) is 0 Å². The molecule has 0 radical (unpaired) electrons. The number of urea groups is 1. The summed E-state index contributed by atoms with van der Waals surface area (Å²) in [6, 6.07) is -1.98. The van der Waals surface area contributed by atoms with E-state index in [1.807, 2.05) is 0 Å². The van der Waals surface area contributed by atoms with Crippen LogP contribution in [0.15, 0.2) is 0 Å². The zero-order valence-corrected chi connectivity index (χ0v) is 11.0. The number of anilines is 1. The zero-order valence-electron chi connectivity index (χ0n) is 10.2. The molecule has 0 saturated carbocycles. The molecule has 1 aliphatic carbocycles. The SMILES string of the molecule is O=C(Nc1nc2c(s1)CCCC2)N[C@@H](CO)C(=O)O. The van der Waals surface area contributed by atoms with E-state index in [2.05, 4.69) is 15.6 Å². The maximum atomic E-state index is 11.6.